The van der Waals surface area contributed by atoms with Gasteiger partial charge in [-0.25, -0.2) is 0 Å². The number of aliphatic hydroxyl groups excluding tert-OH is 1. The van der Waals surface area contributed by atoms with Crippen molar-refractivity contribution in [1.29, 1.82) is 0 Å². The summed E-state index contributed by atoms with van der Waals surface area (Å²) in [6.45, 7) is 0. The first-order valence-corrected chi connectivity index (χ1v) is 4.51. The topological polar surface area (TPSA) is 29.5 Å². The van der Waals surface area contributed by atoms with E-state index in [1.165, 1.54) is 7.11 Å². The highest BCUT2D eigenvalue weighted by Gasteiger charge is 2.37. The molecule has 2 nitrogen and oxygen atoms in total. The molecule has 1 aromatic rings. The lowest BCUT2D eigenvalue weighted by atomic mass is 10.1. The number of halogens is 3. The molecule has 0 fully saturated rings. The first-order chi connectivity index (χ1) is 7.45. The van der Waals surface area contributed by atoms with Gasteiger partial charge in [0.15, 0.2) is 6.10 Å². The van der Waals surface area contributed by atoms with Gasteiger partial charge < -0.3 is 9.84 Å². The Labute approximate surface area is 91.0 Å². The van der Waals surface area contributed by atoms with Gasteiger partial charge in [0.25, 0.3) is 0 Å². The molecule has 0 saturated heterocycles. The summed E-state index contributed by atoms with van der Waals surface area (Å²) in [7, 11) is 1.25. The first kappa shape index (κ1) is 12.6. The number of hydrogen-bond acceptors (Lipinski definition) is 2. The molecule has 1 unspecified atom stereocenters. The zero-order chi connectivity index (χ0) is 12.2. The highest BCUT2D eigenvalue weighted by molar-refractivity contribution is 5.60. The zero-order valence-corrected chi connectivity index (χ0v) is 8.53. The molecule has 0 heterocycles. The lowest BCUT2D eigenvalue weighted by molar-refractivity contribution is -0.187. The average Bonchev–Trinajstić information content (AvgIpc) is 2.25. The molecule has 1 rings (SSSR count). The van der Waals surface area contributed by atoms with Gasteiger partial charge in [-0.05, 0) is 6.08 Å². The molecule has 5 heteroatoms. The van der Waals surface area contributed by atoms with Crippen molar-refractivity contribution in [1.82, 2.24) is 0 Å². The molecule has 0 aromatic heterocycles. The monoisotopic (exact) mass is 232 g/mol. The third-order valence-electron chi connectivity index (χ3n) is 1.92. The van der Waals surface area contributed by atoms with Gasteiger partial charge in [0, 0.05) is 5.56 Å². The molecular formula is C11H11F3O2. The van der Waals surface area contributed by atoms with E-state index < -0.39 is 12.3 Å². The fourth-order valence-corrected chi connectivity index (χ4v) is 1.12. The predicted molar refractivity (Wildman–Crippen MR) is 53.5 cm³/mol. The van der Waals surface area contributed by atoms with E-state index in [-0.39, 0.29) is 5.76 Å². The van der Waals surface area contributed by atoms with E-state index in [0.717, 1.165) is 0 Å². The molecule has 0 amide bonds. The smallest absolute Gasteiger partial charge is 0.418 e. The molecule has 1 atom stereocenters. The highest BCUT2D eigenvalue weighted by atomic mass is 19.4. The second-order valence-corrected chi connectivity index (χ2v) is 3.09. The number of ether oxygens (including phenoxy) is 1. The van der Waals surface area contributed by atoms with Crippen LogP contribution in [0, 0.1) is 0 Å². The second-order valence-electron chi connectivity index (χ2n) is 3.09. The molecule has 0 aliphatic carbocycles. The molecule has 0 bridgehead atoms. The maximum absolute atomic E-state index is 12.1. The minimum Gasteiger partial charge on any atom is -0.496 e. The third kappa shape index (κ3) is 3.27. The van der Waals surface area contributed by atoms with E-state index in [2.05, 4.69) is 0 Å². The Kier molecular flexibility index (Phi) is 3.95. The van der Waals surface area contributed by atoms with Gasteiger partial charge >= 0.3 is 6.18 Å². The molecule has 88 valence electrons. The van der Waals surface area contributed by atoms with Crippen LogP contribution < -0.4 is 0 Å². The minimum atomic E-state index is -4.68. The fourth-order valence-electron chi connectivity index (χ4n) is 1.12. The van der Waals surface area contributed by atoms with Crippen molar-refractivity contribution in [3.63, 3.8) is 0 Å². The fraction of sp³-hybridized carbons (Fsp3) is 0.273. The molecule has 0 radical (unpaired) electrons. The molecule has 0 aliphatic heterocycles. The molecular weight excluding hydrogens is 221 g/mol. The normalized spacial score (nSPS) is 14.7. The van der Waals surface area contributed by atoms with Crippen molar-refractivity contribution in [2.75, 3.05) is 7.11 Å². The summed E-state index contributed by atoms with van der Waals surface area (Å²) in [6, 6.07) is 8.26. The summed E-state index contributed by atoms with van der Waals surface area (Å²) in [6.07, 6.45) is -6.57. The Balaban J connectivity index is 2.95. The Hall–Kier alpha value is -1.49. The van der Waals surface area contributed by atoms with Crippen LogP contribution >= 0.6 is 0 Å². The molecule has 0 saturated carbocycles. The van der Waals surface area contributed by atoms with E-state index >= 15 is 0 Å². The largest absolute Gasteiger partial charge is 0.496 e. The zero-order valence-electron chi connectivity index (χ0n) is 8.53. The van der Waals surface area contributed by atoms with Gasteiger partial charge in [-0.15, -0.1) is 0 Å². The van der Waals surface area contributed by atoms with Gasteiger partial charge in [0.2, 0.25) is 0 Å². The van der Waals surface area contributed by atoms with Crippen LogP contribution in [-0.4, -0.2) is 24.5 Å². The minimum absolute atomic E-state index is 0.00887. The van der Waals surface area contributed by atoms with Gasteiger partial charge in [-0.1, -0.05) is 30.3 Å². The van der Waals surface area contributed by atoms with Crippen LogP contribution in [0.3, 0.4) is 0 Å². The summed E-state index contributed by atoms with van der Waals surface area (Å²) in [5.41, 5.74) is 0.480. The Morgan fingerprint density at radius 3 is 2.31 bits per heavy atom. The number of aliphatic hydroxyl groups is 1. The van der Waals surface area contributed by atoms with Crippen LogP contribution in [0.2, 0.25) is 0 Å². The summed E-state index contributed by atoms with van der Waals surface area (Å²) in [5.74, 6) is -0.00887. The van der Waals surface area contributed by atoms with E-state index in [9.17, 15) is 13.2 Å². The number of alkyl halides is 3. The van der Waals surface area contributed by atoms with Crippen LogP contribution in [0.1, 0.15) is 5.56 Å². The average molecular weight is 232 g/mol. The molecule has 1 aromatic carbocycles. The maximum Gasteiger partial charge on any atom is 0.418 e. The number of methoxy groups -OCH3 is 1. The van der Waals surface area contributed by atoms with Crippen molar-refractivity contribution in [3.05, 3.63) is 42.0 Å². The Morgan fingerprint density at radius 1 is 1.31 bits per heavy atom. The number of benzene rings is 1. The molecule has 16 heavy (non-hydrogen) atoms. The van der Waals surface area contributed by atoms with Crippen molar-refractivity contribution in [2.24, 2.45) is 0 Å². The lowest BCUT2D eigenvalue weighted by Crippen LogP contribution is -2.26. The summed E-state index contributed by atoms with van der Waals surface area (Å²) in [5, 5.41) is 8.87. The van der Waals surface area contributed by atoms with Crippen LogP contribution in [0.5, 0.6) is 0 Å². The highest BCUT2D eigenvalue weighted by Crippen LogP contribution is 2.24. The second kappa shape index (κ2) is 5.03. The van der Waals surface area contributed by atoms with Crippen LogP contribution in [0.15, 0.2) is 36.4 Å². The Bertz CT molecular complexity index is 357. The van der Waals surface area contributed by atoms with E-state index in [1.807, 2.05) is 0 Å². The molecule has 0 spiro atoms. The molecule has 0 aliphatic rings. The van der Waals surface area contributed by atoms with E-state index in [1.54, 1.807) is 30.3 Å². The van der Waals surface area contributed by atoms with Crippen molar-refractivity contribution >= 4 is 5.76 Å². The van der Waals surface area contributed by atoms with Gasteiger partial charge in [0.05, 0.1) is 7.11 Å². The van der Waals surface area contributed by atoms with E-state index in [4.69, 9.17) is 9.84 Å². The van der Waals surface area contributed by atoms with Gasteiger partial charge in [-0.3, -0.25) is 0 Å². The lowest BCUT2D eigenvalue weighted by Gasteiger charge is -2.13. The van der Waals surface area contributed by atoms with Gasteiger partial charge in [-0.2, -0.15) is 13.2 Å². The maximum atomic E-state index is 12.1. The summed E-state index contributed by atoms with van der Waals surface area (Å²) in [4.78, 5) is 0. The number of rotatable bonds is 3. The molecule has 1 N–H and O–H groups in total. The summed E-state index contributed by atoms with van der Waals surface area (Å²) >= 11 is 0. The van der Waals surface area contributed by atoms with Crippen molar-refractivity contribution in [2.45, 2.75) is 12.3 Å². The van der Waals surface area contributed by atoms with E-state index in [0.29, 0.717) is 11.6 Å². The van der Waals surface area contributed by atoms with Crippen LogP contribution in [-0.2, 0) is 4.74 Å². The SMILES string of the molecule is COC(=CC(O)C(F)(F)F)c1ccccc1. The quantitative estimate of drug-likeness (QED) is 0.812. The summed E-state index contributed by atoms with van der Waals surface area (Å²) < 4.78 is 41.1. The Morgan fingerprint density at radius 2 is 1.88 bits per heavy atom. The standard InChI is InChI=1S/C11H11F3O2/c1-16-9(7-10(15)11(12,13)14)8-5-3-2-4-6-8/h2-7,10,15H,1H3. The van der Waals surface area contributed by atoms with Crippen molar-refractivity contribution in [3.8, 4) is 0 Å². The van der Waals surface area contributed by atoms with Crippen LogP contribution in [0.4, 0.5) is 13.2 Å². The third-order valence-corrected chi connectivity index (χ3v) is 1.92. The first-order valence-electron chi connectivity index (χ1n) is 4.51. The van der Waals surface area contributed by atoms with Crippen LogP contribution in [0.25, 0.3) is 5.76 Å². The number of hydrogen-bond donors (Lipinski definition) is 1. The predicted octanol–water partition coefficient (Wildman–Crippen LogP) is 2.60. The van der Waals surface area contributed by atoms with Crippen molar-refractivity contribution < 1.29 is 23.0 Å². The van der Waals surface area contributed by atoms with Gasteiger partial charge in [0.1, 0.15) is 5.76 Å².